The quantitative estimate of drug-likeness (QED) is 0.827. The lowest BCUT2D eigenvalue weighted by molar-refractivity contribution is -0.0260. The number of hydrogen-bond acceptors (Lipinski definition) is 5. The lowest BCUT2D eigenvalue weighted by atomic mass is 10.1. The molecular weight excluding hydrogens is 382 g/mol. The van der Waals surface area contributed by atoms with Crippen LogP contribution in [0.5, 0.6) is 0 Å². The van der Waals surface area contributed by atoms with E-state index < -0.39 is 0 Å². The fourth-order valence-electron chi connectivity index (χ4n) is 3.08. The van der Waals surface area contributed by atoms with Crippen LogP contribution in [0.2, 0.25) is 0 Å². The van der Waals surface area contributed by atoms with E-state index in [9.17, 15) is 0 Å². The van der Waals surface area contributed by atoms with Crippen LogP contribution in [0.25, 0.3) is 0 Å². The van der Waals surface area contributed by atoms with Gasteiger partial charge in [0.25, 0.3) is 0 Å². The van der Waals surface area contributed by atoms with Gasteiger partial charge in [-0.25, -0.2) is 0 Å². The van der Waals surface area contributed by atoms with Crippen LogP contribution < -0.4 is 10.6 Å². The van der Waals surface area contributed by atoms with Gasteiger partial charge in [0, 0.05) is 49.4 Å². The molecule has 0 bridgehead atoms. The van der Waals surface area contributed by atoms with E-state index in [4.69, 9.17) is 15.2 Å². The number of nitrogens with two attached hydrogens (primary N) is 1. The molecular formula is C16H25BrClN3O2. The normalized spacial score (nSPS) is 22.7. The van der Waals surface area contributed by atoms with Gasteiger partial charge in [-0.15, -0.1) is 12.4 Å². The van der Waals surface area contributed by atoms with E-state index in [1.165, 1.54) is 11.3 Å². The zero-order valence-electron chi connectivity index (χ0n) is 13.2. The molecule has 23 heavy (non-hydrogen) atoms. The van der Waals surface area contributed by atoms with Gasteiger partial charge < -0.3 is 20.1 Å². The molecule has 5 nitrogen and oxygen atoms in total. The first kappa shape index (κ1) is 19.0. The molecule has 0 amide bonds. The number of morpholine rings is 2. The minimum Gasteiger partial charge on any atom is -0.378 e. The average Bonchev–Trinajstić information content (AvgIpc) is 2.57. The lowest BCUT2D eigenvalue weighted by Crippen LogP contribution is -2.45. The standard InChI is InChI=1S/C16H24BrN3O2.ClH/c17-14-2-1-13(11-19-3-8-22-15(10-18)12-19)16(9-14)20-4-6-21-7-5-20;/h1-2,9,15H,3-8,10-12,18H2;1H. The van der Waals surface area contributed by atoms with Crippen molar-refractivity contribution in [1.82, 2.24) is 4.90 Å². The van der Waals surface area contributed by atoms with Crippen molar-refractivity contribution in [3.05, 3.63) is 28.2 Å². The Morgan fingerprint density at radius 2 is 1.96 bits per heavy atom. The fourth-order valence-corrected chi connectivity index (χ4v) is 3.43. The molecule has 0 radical (unpaired) electrons. The van der Waals surface area contributed by atoms with Crippen molar-refractivity contribution in [2.24, 2.45) is 5.73 Å². The zero-order valence-corrected chi connectivity index (χ0v) is 15.7. The molecule has 1 unspecified atom stereocenters. The van der Waals surface area contributed by atoms with Gasteiger partial charge in [-0.3, -0.25) is 4.90 Å². The Bertz CT molecular complexity index is 500. The van der Waals surface area contributed by atoms with Gasteiger partial charge >= 0.3 is 0 Å². The number of nitrogens with zero attached hydrogens (tertiary/aromatic N) is 2. The van der Waals surface area contributed by atoms with Crippen molar-refractivity contribution < 1.29 is 9.47 Å². The van der Waals surface area contributed by atoms with Gasteiger partial charge in [0.05, 0.1) is 25.9 Å². The van der Waals surface area contributed by atoms with Gasteiger partial charge in [-0.1, -0.05) is 22.0 Å². The van der Waals surface area contributed by atoms with Crippen molar-refractivity contribution in [1.29, 1.82) is 0 Å². The van der Waals surface area contributed by atoms with Crippen molar-refractivity contribution in [2.75, 3.05) is 57.4 Å². The van der Waals surface area contributed by atoms with E-state index in [0.29, 0.717) is 6.54 Å². The Hall–Kier alpha value is -0.370. The van der Waals surface area contributed by atoms with Crippen LogP contribution in [0.4, 0.5) is 5.69 Å². The molecule has 0 aliphatic carbocycles. The molecule has 0 aromatic heterocycles. The molecule has 2 N–H and O–H groups in total. The van der Waals surface area contributed by atoms with Crippen LogP contribution in [0.3, 0.4) is 0 Å². The minimum atomic E-state index is 0. The van der Waals surface area contributed by atoms with Gasteiger partial charge in [-0.2, -0.15) is 0 Å². The highest BCUT2D eigenvalue weighted by molar-refractivity contribution is 9.10. The first-order valence-corrected chi connectivity index (χ1v) is 8.70. The molecule has 2 aliphatic heterocycles. The highest BCUT2D eigenvalue weighted by atomic mass is 79.9. The SMILES string of the molecule is Cl.NCC1CN(Cc2ccc(Br)cc2N2CCOCC2)CCO1. The number of hydrogen-bond donors (Lipinski definition) is 1. The summed E-state index contributed by atoms with van der Waals surface area (Å²) in [7, 11) is 0. The van der Waals surface area contributed by atoms with Crippen molar-refractivity contribution in [2.45, 2.75) is 12.6 Å². The molecule has 1 aromatic carbocycles. The average molecular weight is 407 g/mol. The first-order valence-electron chi connectivity index (χ1n) is 7.91. The monoisotopic (exact) mass is 405 g/mol. The van der Waals surface area contributed by atoms with Crippen LogP contribution in [0.15, 0.2) is 22.7 Å². The van der Waals surface area contributed by atoms with Crippen LogP contribution >= 0.6 is 28.3 Å². The first-order chi connectivity index (χ1) is 10.8. The summed E-state index contributed by atoms with van der Waals surface area (Å²) in [4.78, 5) is 4.86. The third-order valence-corrected chi connectivity index (χ3v) is 4.77. The Labute approximate surface area is 152 Å². The molecule has 1 aromatic rings. The smallest absolute Gasteiger partial charge is 0.0824 e. The molecule has 7 heteroatoms. The maximum atomic E-state index is 5.75. The van der Waals surface area contributed by atoms with E-state index in [1.54, 1.807) is 0 Å². The number of benzene rings is 1. The molecule has 2 saturated heterocycles. The maximum Gasteiger partial charge on any atom is 0.0824 e. The molecule has 1 atom stereocenters. The van der Waals surface area contributed by atoms with Crippen LogP contribution in [0, 0.1) is 0 Å². The maximum absolute atomic E-state index is 5.75. The van der Waals surface area contributed by atoms with Gasteiger partial charge in [0.1, 0.15) is 0 Å². The van der Waals surface area contributed by atoms with E-state index in [-0.39, 0.29) is 18.5 Å². The lowest BCUT2D eigenvalue weighted by Gasteiger charge is -2.35. The van der Waals surface area contributed by atoms with Crippen LogP contribution in [0.1, 0.15) is 5.56 Å². The largest absolute Gasteiger partial charge is 0.378 e. The molecule has 130 valence electrons. The number of anilines is 1. The second-order valence-electron chi connectivity index (χ2n) is 5.84. The molecule has 2 fully saturated rings. The Kier molecular flexibility index (Phi) is 7.59. The van der Waals surface area contributed by atoms with E-state index in [1.807, 2.05) is 0 Å². The summed E-state index contributed by atoms with van der Waals surface area (Å²) in [5.41, 5.74) is 8.42. The van der Waals surface area contributed by atoms with E-state index in [2.05, 4.69) is 43.9 Å². The minimum absolute atomic E-state index is 0. The molecule has 0 spiro atoms. The summed E-state index contributed by atoms with van der Waals surface area (Å²) in [5, 5.41) is 0. The highest BCUT2D eigenvalue weighted by Gasteiger charge is 2.21. The van der Waals surface area contributed by atoms with Crippen LogP contribution in [-0.4, -0.2) is 63.5 Å². The fraction of sp³-hybridized carbons (Fsp3) is 0.625. The molecule has 0 saturated carbocycles. The summed E-state index contributed by atoms with van der Waals surface area (Å²) in [6.45, 7) is 7.70. The summed E-state index contributed by atoms with van der Waals surface area (Å²) >= 11 is 3.60. The topological polar surface area (TPSA) is 51.0 Å². The van der Waals surface area contributed by atoms with Crippen molar-refractivity contribution in [3.63, 3.8) is 0 Å². The third kappa shape index (κ3) is 5.05. The third-order valence-electron chi connectivity index (χ3n) is 4.28. The second kappa shape index (κ2) is 9.20. The Morgan fingerprint density at radius 1 is 1.17 bits per heavy atom. The number of halogens is 2. The summed E-state index contributed by atoms with van der Waals surface area (Å²) in [6.07, 6.45) is 0.163. The van der Waals surface area contributed by atoms with E-state index in [0.717, 1.165) is 57.0 Å². The number of ether oxygens (including phenoxy) is 2. The summed E-state index contributed by atoms with van der Waals surface area (Å²) < 4.78 is 12.3. The van der Waals surface area contributed by atoms with E-state index >= 15 is 0 Å². The Balaban J connectivity index is 0.00000192. The number of rotatable bonds is 4. The van der Waals surface area contributed by atoms with Gasteiger partial charge in [-0.05, 0) is 17.7 Å². The highest BCUT2D eigenvalue weighted by Crippen LogP contribution is 2.27. The second-order valence-corrected chi connectivity index (χ2v) is 6.75. The summed E-state index contributed by atoms with van der Waals surface area (Å²) in [5.74, 6) is 0. The predicted molar refractivity (Wildman–Crippen MR) is 98.5 cm³/mol. The zero-order chi connectivity index (χ0) is 15.4. The molecule has 2 heterocycles. The predicted octanol–water partition coefficient (Wildman–Crippen LogP) is 1.87. The molecule has 3 rings (SSSR count). The summed E-state index contributed by atoms with van der Waals surface area (Å²) in [6, 6.07) is 6.57. The Morgan fingerprint density at radius 3 is 2.70 bits per heavy atom. The van der Waals surface area contributed by atoms with Crippen molar-refractivity contribution >= 4 is 34.0 Å². The van der Waals surface area contributed by atoms with Gasteiger partial charge in [0.2, 0.25) is 0 Å². The van der Waals surface area contributed by atoms with Crippen molar-refractivity contribution in [3.8, 4) is 0 Å². The van der Waals surface area contributed by atoms with Gasteiger partial charge in [0.15, 0.2) is 0 Å². The molecule has 2 aliphatic rings. The van der Waals surface area contributed by atoms with Crippen LogP contribution in [-0.2, 0) is 16.0 Å².